The van der Waals surface area contributed by atoms with Crippen molar-refractivity contribution in [2.45, 2.75) is 46.2 Å². The molecule has 0 saturated carbocycles. The van der Waals surface area contributed by atoms with E-state index in [1.807, 2.05) is 13.8 Å². The predicted octanol–water partition coefficient (Wildman–Crippen LogP) is -1.44. The Bertz CT molecular complexity index is 418. The Morgan fingerprint density at radius 3 is 1.04 bits per heavy atom. The predicted molar refractivity (Wildman–Crippen MR) is 98.9 cm³/mol. The molecule has 0 bridgehead atoms. The second kappa shape index (κ2) is 20.0. The zero-order valence-electron chi connectivity index (χ0n) is 16.2. The van der Waals surface area contributed by atoms with Gasteiger partial charge in [-0.05, 0) is 11.8 Å². The van der Waals surface area contributed by atoms with E-state index in [2.05, 4.69) is 11.5 Å². The lowest BCUT2D eigenvalue weighted by Gasteiger charge is -2.11. The molecule has 0 aliphatic carbocycles. The molecule has 12 N–H and O–H groups in total. The van der Waals surface area contributed by atoms with Gasteiger partial charge in [-0.1, -0.05) is 34.1 Å². The number of rotatable bonds is 7. The van der Waals surface area contributed by atoms with Gasteiger partial charge in [0.15, 0.2) is 0 Å². The molecule has 0 saturated heterocycles. The van der Waals surface area contributed by atoms with Crippen molar-refractivity contribution in [1.82, 2.24) is 0 Å². The van der Waals surface area contributed by atoms with Crippen LogP contribution in [-0.4, -0.2) is 69.5 Å². The molecule has 12 nitrogen and oxygen atoms in total. The van der Waals surface area contributed by atoms with E-state index in [1.54, 1.807) is 13.8 Å². The highest BCUT2D eigenvalue weighted by atomic mass is 16.4. The van der Waals surface area contributed by atoms with E-state index < -0.39 is 36.0 Å². The van der Waals surface area contributed by atoms with Crippen molar-refractivity contribution in [3.63, 3.8) is 0 Å². The highest BCUT2D eigenvalue weighted by Gasteiger charge is 2.17. The summed E-state index contributed by atoms with van der Waals surface area (Å²) in [5.74, 6) is -3.69. The molecule has 0 rings (SSSR count). The third-order valence-electron chi connectivity index (χ3n) is 2.89. The van der Waals surface area contributed by atoms with Crippen molar-refractivity contribution in [3.8, 4) is 0 Å². The standard InChI is InChI=1S/C6H13NO2.C5H11NO2.2C2H5NO2/c1-3-4(2)5(7)6(8)9;1-3(2)4(6)5(7)8;2*3-1-2(4)5/h4-5H,3,7H2,1-2H3,(H,8,9);3-4H,6H2,1-2H3,(H,7,8);2*1,3H2,(H,4,5)/t4-,5-;4-;;/m00../s1. The van der Waals surface area contributed by atoms with E-state index in [0.29, 0.717) is 0 Å². The lowest BCUT2D eigenvalue weighted by Crippen LogP contribution is -2.36. The van der Waals surface area contributed by atoms with Crippen molar-refractivity contribution in [3.05, 3.63) is 0 Å². The zero-order chi connectivity index (χ0) is 22.7. The fourth-order valence-electron chi connectivity index (χ4n) is 0.782. The van der Waals surface area contributed by atoms with Crippen LogP contribution in [0, 0.1) is 11.8 Å². The van der Waals surface area contributed by atoms with Crippen LogP contribution in [0.2, 0.25) is 0 Å². The quantitative estimate of drug-likeness (QED) is 0.245. The van der Waals surface area contributed by atoms with E-state index in [4.69, 9.17) is 31.9 Å². The fraction of sp³-hybridized carbons (Fsp3) is 0.733. The van der Waals surface area contributed by atoms with Gasteiger partial charge >= 0.3 is 23.9 Å². The van der Waals surface area contributed by atoms with Crippen LogP contribution >= 0.6 is 0 Å². The van der Waals surface area contributed by atoms with Crippen LogP contribution in [0.1, 0.15) is 34.1 Å². The van der Waals surface area contributed by atoms with Crippen molar-refractivity contribution in [1.29, 1.82) is 0 Å². The first-order valence-corrected chi connectivity index (χ1v) is 7.99. The van der Waals surface area contributed by atoms with Gasteiger partial charge < -0.3 is 43.4 Å². The summed E-state index contributed by atoms with van der Waals surface area (Å²) >= 11 is 0. The molecule has 27 heavy (non-hydrogen) atoms. The van der Waals surface area contributed by atoms with Crippen LogP contribution in [0.3, 0.4) is 0 Å². The molecule has 0 aromatic heterocycles. The van der Waals surface area contributed by atoms with Crippen LogP contribution in [0.25, 0.3) is 0 Å². The summed E-state index contributed by atoms with van der Waals surface area (Å²) in [5, 5.41) is 31.8. The van der Waals surface area contributed by atoms with Gasteiger partial charge in [0.1, 0.15) is 12.1 Å². The number of carboxylic acids is 4. The molecule has 12 heteroatoms. The Hall–Kier alpha value is -2.28. The highest BCUT2D eigenvalue weighted by molar-refractivity contribution is 5.73. The van der Waals surface area contributed by atoms with Gasteiger partial charge in [0.05, 0.1) is 13.1 Å². The minimum atomic E-state index is -0.968. The van der Waals surface area contributed by atoms with Gasteiger partial charge in [-0.2, -0.15) is 0 Å². The monoisotopic (exact) mass is 398 g/mol. The normalized spacial score (nSPS) is 12.5. The minimum absolute atomic E-state index is 0.0208. The van der Waals surface area contributed by atoms with Crippen molar-refractivity contribution >= 4 is 23.9 Å². The summed E-state index contributed by atoms with van der Waals surface area (Å²) in [6, 6.07) is -1.41. The van der Waals surface area contributed by atoms with E-state index in [9.17, 15) is 19.2 Å². The van der Waals surface area contributed by atoms with Crippen molar-refractivity contribution in [2.24, 2.45) is 34.8 Å². The third-order valence-corrected chi connectivity index (χ3v) is 2.89. The molecule has 0 aliphatic rings. The Morgan fingerprint density at radius 1 is 0.741 bits per heavy atom. The topological polar surface area (TPSA) is 253 Å². The van der Waals surface area contributed by atoms with E-state index in [-0.39, 0.29) is 24.9 Å². The minimum Gasteiger partial charge on any atom is -0.480 e. The number of carboxylic acid groups (broad SMARTS) is 4. The SMILES string of the molecule is CC(C)[C@H](N)C(=O)O.CC[C@H](C)[C@H](N)C(=O)O.NCC(=O)O.NCC(=O)O. The van der Waals surface area contributed by atoms with Crippen LogP contribution in [0.15, 0.2) is 0 Å². The average Bonchev–Trinajstić information content (AvgIpc) is 2.60. The van der Waals surface area contributed by atoms with Crippen molar-refractivity contribution in [2.75, 3.05) is 13.1 Å². The van der Waals surface area contributed by atoms with Crippen LogP contribution in [-0.2, 0) is 19.2 Å². The zero-order valence-corrected chi connectivity index (χ0v) is 16.2. The molecule has 0 heterocycles. The number of nitrogens with two attached hydrogens (primary N) is 4. The maximum Gasteiger partial charge on any atom is 0.320 e. The summed E-state index contributed by atoms with van der Waals surface area (Å²) in [5.41, 5.74) is 19.6. The van der Waals surface area contributed by atoms with Crippen LogP contribution < -0.4 is 22.9 Å². The first kappa shape index (κ1) is 32.4. The summed E-state index contributed by atoms with van der Waals surface area (Å²) in [6.07, 6.45) is 0.813. The van der Waals surface area contributed by atoms with E-state index >= 15 is 0 Å². The summed E-state index contributed by atoms with van der Waals surface area (Å²) in [7, 11) is 0. The van der Waals surface area contributed by atoms with Crippen LogP contribution in [0.5, 0.6) is 0 Å². The molecular weight excluding hydrogens is 364 g/mol. The van der Waals surface area contributed by atoms with E-state index in [0.717, 1.165) is 6.42 Å². The Labute approximate surface area is 158 Å². The number of carbonyl (C=O) groups is 4. The summed E-state index contributed by atoms with van der Waals surface area (Å²) in [4.78, 5) is 38.7. The molecule has 0 spiro atoms. The second-order valence-corrected chi connectivity index (χ2v) is 5.55. The van der Waals surface area contributed by atoms with Gasteiger partial charge in [-0.15, -0.1) is 0 Å². The maximum atomic E-state index is 10.2. The van der Waals surface area contributed by atoms with Crippen LogP contribution in [0.4, 0.5) is 0 Å². The van der Waals surface area contributed by atoms with Gasteiger partial charge in [0, 0.05) is 0 Å². The first-order valence-electron chi connectivity index (χ1n) is 7.99. The summed E-state index contributed by atoms with van der Waals surface area (Å²) in [6.45, 7) is 6.75. The molecule has 0 amide bonds. The second-order valence-electron chi connectivity index (χ2n) is 5.55. The first-order chi connectivity index (χ1) is 12.2. The Morgan fingerprint density at radius 2 is 1.00 bits per heavy atom. The molecule has 0 unspecified atom stereocenters. The number of hydrogen-bond acceptors (Lipinski definition) is 8. The van der Waals surface area contributed by atoms with Gasteiger partial charge in [0.25, 0.3) is 0 Å². The summed E-state index contributed by atoms with van der Waals surface area (Å²) < 4.78 is 0. The molecule has 3 atom stereocenters. The number of hydrogen-bond donors (Lipinski definition) is 8. The highest BCUT2D eigenvalue weighted by Crippen LogP contribution is 2.04. The molecule has 0 aliphatic heterocycles. The largest absolute Gasteiger partial charge is 0.480 e. The lowest BCUT2D eigenvalue weighted by atomic mass is 10.0. The van der Waals surface area contributed by atoms with E-state index in [1.165, 1.54) is 0 Å². The fourth-order valence-corrected chi connectivity index (χ4v) is 0.782. The van der Waals surface area contributed by atoms with Crippen molar-refractivity contribution < 1.29 is 39.6 Å². The molecule has 0 radical (unpaired) electrons. The molecule has 0 fully saturated rings. The average molecular weight is 398 g/mol. The smallest absolute Gasteiger partial charge is 0.320 e. The maximum absolute atomic E-state index is 10.2. The molecular formula is C15H34N4O8. The van der Waals surface area contributed by atoms with Gasteiger partial charge in [-0.25, -0.2) is 0 Å². The molecule has 0 aromatic carbocycles. The Balaban J connectivity index is -0.000000135. The number of aliphatic carboxylic acids is 4. The third kappa shape index (κ3) is 28.8. The molecule has 0 aromatic rings. The van der Waals surface area contributed by atoms with Gasteiger partial charge in [-0.3, -0.25) is 19.2 Å². The Kier molecular flexibility index (Phi) is 24.0. The van der Waals surface area contributed by atoms with Gasteiger partial charge in [0.2, 0.25) is 0 Å². The lowest BCUT2D eigenvalue weighted by molar-refractivity contribution is -0.140. The molecule has 162 valence electrons.